The summed E-state index contributed by atoms with van der Waals surface area (Å²) >= 11 is 5.91. The van der Waals surface area contributed by atoms with E-state index in [2.05, 4.69) is 0 Å². The van der Waals surface area contributed by atoms with Gasteiger partial charge in [-0.15, -0.1) is 0 Å². The van der Waals surface area contributed by atoms with Crippen molar-refractivity contribution in [2.75, 3.05) is 0 Å². The van der Waals surface area contributed by atoms with Crippen molar-refractivity contribution in [3.63, 3.8) is 0 Å². The number of hydrogen-bond acceptors (Lipinski definition) is 1. The summed E-state index contributed by atoms with van der Waals surface area (Å²) in [7, 11) is 0. The molecule has 2 rings (SSSR count). The quantitative estimate of drug-likeness (QED) is 0.875. The maximum atomic E-state index is 13.2. The predicted molar refractivity (Wildman–Crippen MR) is 68.6 cm³/mol. The van der Waals surface area contributed by atoms with Crippen molar-refractivity contribution in [2.45, 2.75) is 13.0 Å². The summed E-state index contributed by atoms with van der Waals surface area (Å²) < 4.78 is 26.3. The molecule has 1 atom stereocenters. The van der Waals surface area contributed by atoms with Crippen LogP contribution in [0.25, 0.3) is 0 Å². The van der Waals surface area contributed by atoms with Gasteiger partial charge in [0, 0.05) is 11.1 Å². The first-order chi connectivity index (χ1) is 8.47. The molecule has 0 aliphatic carbocycles. The lowest BCUT2D eigenvalue weighted by molar-refractivity contribution is 0.577. The molecule has 0 bridgehead atoms. The van der Waals surface area contributed by atoms with Gasteiger partial charge in [-0.2, -0.15) is 0 Å². The van der Waals surface area contributed by atoms with Crippen LogP contribution in [0.1, 0.15) is 22.7 Å². The monoisotopic (exact) mass is 267 g/mol. The molecule has 0 aliphatic rings. The Morgan fingerprint density at radius 3 is 2.28 bits per heavy atom. The fourth-order valence-electron chi connectivity index (χ4n) is 1.88. The molecule has 0 fully saturated rings. The van der Waals surface area contributed by atoms with Gasteiger partial charge in [-0.25, -0.2) is 8.78 Å². The van der Waals surface area contributed by atoms with Crippen molar-refractivity contribution in [2.24, 2.45) is 5.73 Å². The van der Waals surface area contributed by atoms with Crippen molar-refractivity contribution in [1.29, 1.82) is 0 Å². The van der Waals surface area contributed by atoms with Gasteiger partial charge in [0.1, 0.15) is 11.6 Å². The van der Waals surface area contributed by atoms with Crippen molar-refractivity contribution in [1.82, 2.24) is 0 Å². The summed E-state index contributed by atoms with van der Waals surface area (Å²) in [6.07, 6.45) is 0. The molecule has 0 spiro atoms. The first-order valence-electron chi connectivity index (χ1n) is 5.45. The van der Waals surface area contributed by atoms with E-state index < -0.39 is 17.7 Å². The number of aryl methyl sites for hydroxylation is 1. The molecule has 0 heterocycles. The van der Waals surface area contributed by atoms with Gasteiger partial charge in [0.25, 0.3) is 0 Å². The van der Waals surface area contributed by atoms with Gasteiger partial charge < -0.3 is 5.73 Å². The third kappa shape index (κ3) is 2.68. The Morgan fingerprint density at radius 1 is 1.06 bits per heavy atom. The van der Waals surface area contributed by atoms with Crippen LogP contribution in [-0.4, -0.2) is 0 Å². The van der Waals surface area contributed by atoms with E-state index in [0.717, 1.165) is 17.2 Å². The molecule has 1 unspecified atom stereocenters. The summed E-state index contributed by atoms with van der Waals surface area (Å²) in [5.74, 6) is -1.28. The van der Waals surface area contributed by atoms with Crippen LogP contribution in [0.15, 0.2) is 36.4 Å². The minimum atomic E-state index is -0.639. The third-order valence-corrected chi connectivity index (χ3v) is 3.06. The van der Waals surface area contributed by atoms with Gasteiger partial charge in [-0.1, -0.05) is 17.7 Å². The lowest BCUT2D eigenvalue weighted by Crippen LogP contribution is -2.14. The molecule has 2 N–H and O–H groups in total. The van der Waals surface area contributed by atoms with E-state index in [9.17, 15) is 8.78 Å². The highest BCUT2D eigenvalue weighted by Crippen LogP contribution is 2.26. The fourth-order valence-corrected chi connectivity index (χ4v) is 2.06. The van der Waals surface area contributed by atoms with Crippen molar-refractivity contribution < 1.29 is 8.78 Å². The fraction of sp³-hybridized carbons (Fsp3) is 0.143. The minimum Gasteiger partial charge on any atom is -0.320 e. The number of halogens is 3. The molecule has 2 aromatic carbocycles. The van der Waals surface area contributed by atoms with E-state index in [0.29, 0.717) is 10.6 Å². The van der Waals surface area contributed by atoms with Gasteiger partial charge in [-0.05, 0) is 47.9 Å². The minimum absolute atomic E-state index is 0.387. The Kier molecular flexibility index (Phi) is 3.64. The SMILES string of the molecule is Cc1ccc(Cl)cc1C(N)c1cc(F)cc(F)c1. The van der Waals surface area contributed by atoms with Gasteiger partial charge in [0.15, 0.2) is 0 Å². The molecule has 0 aliphatic heterocycles. The smallest absolute Gasteiger partial charge is 0.126 e. The molecule has 0 saturated carbocycles. The van der Waals surface area contributed by atoms with Gasteiger partial charge in [0.2, 0.25) is 0 Å². The summed E-state index contributed by atoms with van der Waals surface area (Å²) in [6, 6.07) is 7.97. The zero-order valence-corrected chi connectivity index (χ0v) is 10.5. The third-order valence-electron chi connectivity index (χ3n) is 2.82. The van der Waals surface area contributed by atoms with Gasteiger partial charge >= 0.3 is 0 Å². The average Bonchev–Trinajstić information content (AvgIpc) is 2.30. The average molecular weight is 268 g/mol. The lowest BCUT2D eigenvalue weighted by Gasteiger charge is -2.16. The first-order valence-corrected chi connectivity index (χ1v) is 5.83. The van der Waals surface area contributed by atoms with E-state index in [1.165, 1.54) is 12.1 Å². The van der Waals surface area contributed by atoms with Crippen LogP contribution in [0.4, 0.5) is 8.78 Å². The largest absolute Gasteiger partial charge is 0.320 e. The molecule has 0 saturated heterocycles. The summed E-state index contributed by atoms with van der Waals surface area (Å²) in [4.78, 5) is 0. The van der Waals surface area contributed by atoms with Crippen LogP contribution >= 0.6 is 11.6 Å². The highest BCUT2D eigenvalue weighted by molar-refractivity contribution is 6.30. The van der Waals surface area contributed by atoms with Crippen LogP contribution < -0.4 is 5.73 Å². The Hall–Kier alpha value is -1.45. The second-order valence-corrected chi connectivity index (χ2v) is 4.62. The summed E-state index contributed by atoms with van der Waals surface area (Å²) in [5, 5.41) is 0.544. The number of rotatable bonds is 2. The topological polar surface area (TPSA) is 26.0 Å². The van der Waals surface area contributed by atoms with Crippen LogP contribution in [0, 0.1) is 18.6 Å². The molecular weight excluding hydrogens is 256 g/mol. The molecular formula is C14H12ClF2N. The molecule has 94 valence electrons. The van der Waals surface area contributed by atoms with Crippen molar-refractivity contribution >= 4 is 11.6 Å². The standard InChI is InChI=1S/C14H12ClF2N/c1-8-2-3-10(15)6-13(8)14(18)9-4-11(16)7-12(17)5-9/h2-7,14H,18H2,1H3. The van der Waals surface area contributed by atoms with E-state index in [1.54, 1.807) is 12.1 Å². The number of nitrogens with two attached hydrogens (primary N) is 1. The number of hydrogen-bond donors (Lipinski definition) is 1. The van der Waals surface area contributed by atoms with E-state index >= 15 is 0 Å². The normalized spacial score (nSPS) is 12.5. The van der Waals surface area contributed by atoms with Crippen LogP contribution in [0.3, 0.4) is 0 Å². The molecule has 1 nitrogen and oxygen atoms in total. The Bertz CT molecular complexity index is 564. The Morgan fingerprint density at radius 2 is 1.67 bits per heavy atom. The second kappa shape index (κ2) is 5.04. The predicted octanol–water partition coefficient (Wildman–Crippen LogP) is 3.97. The molecule has 0 amide bonds. The zero-order valence-electron chi connectivity index (χ0n) is 9.75. The molecule has 18 heavy (non-hydrogen) atoms. The molecule has 0 radical (unpaired) electrons. The van der Waals surface area contributed by atoms with Crippen LogP contribution in [0.5, 0.6) is 0 Å². The van der Waals surface area contributed by atoms with Crippen LogP contribution in [0.2, 0.25) is 5.02 Å². The van der Waals surface area contributed by atoms with Gasteiger partial charge in [-0.3, -0.25) is 0 Å². The zero-order chi connectivity index (χ0) is 13.3. The highest BCUT2D eigenvalue weighted by Gasteiger charge is 2.14. The van der Waals surface area contributed by atoms with E-state index in [4.69, 9.17) is 17.3 Å². The summed E-state index contributed by atoms with van der Waals surface area (Å²) in [6.45, 7) is 1.88. The number of benzene rings is 2. The van der Waals surface area contributed by atoms with Gasteiger partial charge in [0.05, 0.1) is 6.04 Å². The molecule has 0 aromatic heterocycles. The Balaban J connectivity index is 2.47. The van der Waals surface area contributed by atoms with Crippen molar-refractivity contribution in [3.8, 4) is 0 Å². The lowest BCUT2D eigenvalue weighted by atomic mass is 9.96. The van der Waals surface area contributed by atoms with Crippen molar-refractivity contribution in [3.05, 3.63) is 69.7 Å². The maximum Gasteiger partial charge on any atom is 0.126 e. The van der Waals surface area contributed by atoms with Crippen LogP contribution in [-0.2, 0) is 0 Å². The molecule has 2 aromatic rings. The summed E-state index contributed by atoms with van der Waals surface area (Å²) in [5.41, 5.74) is 8.10. The van der Waals surface area contributed by atoms with E-state index in [-0.39, 0.29) is 0 Å². The first kappa shape index (κ1) is 13.0. The maximum absolute atomic E-state index is 13.2. The second-order valence-electron chi connectivity index (χ2n) is 4.18. The Labute approximate surface area is 109 Å². The van der Waals surface area contributed by atoms with E-state index in [1.807, 2.05) is 13.0 Å². The molecule has 4 heteroatoms. The highest BCUT2D eigenvalue weighted by atomic mass is 35.5.